The van der Waals surface area contributed by atoms with Crippen molar-refractivity contribution >= 4 is 32.5 Å². The third kappa shape index (κ3) is 4.23. The Kier molecular flexibility index (Phi) is 6.14. The molecule has 2 N–H and O–H groups in total. The van der Waals surface area contributed by atoms with E-state index in [9.17, 15) is 18.3 Å². The summed E-state index contributed by atoms with van der Waals surface area (Å²) in [5, 5.41) is 10.6. The average molecular weight is 435 g/mol. The summed E-state index contributed by atoms with van der Waals surface area (Å²) < 4.78 is 27.3. The van der Waals surface area contributed by atoms with Crippen LogP contribution in [-0.2, 0) is 16.6 Å². The van der Waals surface area contributed by atoms with Crippen LogP contribution in [0.3, 0.4) is 0 Å². The highest BCUT2D eigenvalue weighted by Crippen LogP contribution is 2.24. The number of aliphatic hydroxyl groups excluding tert-OH is 1. The van der Waals surface area contributed by atoms with Crippen LogP contribution in [-0.4, -0.2) is 36.0 Å². The molecule has 3 aromatic rings. The number of sulfonamides is 1. The Labute approximate surface area is 174 Å². The van der Waals surface area contributed by atoms with Gasteiger partial charge in [-0.05, 0) is 61.0 Å². The van der Waals surface area contributed by atoms with E-state index < -0.39 is 10.0 Å². The number of aryl methyl sites for hydroxylation is 3. The summed E-state index contributed by atoms with van der Waals surface area (Å²) in [6, 6.07) is 10.0. The molecule has 154 valence electrons. The molecule has 0 aliphatic carbocycles. The van der Waals surface area contributed by atoms with Crippen molar-refractivity contribution in [3.8, 4) is 0 Å². The van der Waals surface area contributed by atoms with E-state index in [1.165, 1.54) is 12.1 Å². The van der Waals surface area contributed by atoms with Crippen molar-refractivity contribution in [3.05, 3.63) is 74.0 Å². The van der Waals surface area contributed by atoms with Crippen LogP contribution in [0.2, 0.25) is 5.02 Å². The Morgan fingerprint density at radius 3 is 2.41 bits per heavy atom. The third-order valence-corrected chi connectivity index (χ3v) is 7.35. The van der Waals surface area contributed by atoms with Crippen molar-refractivity contribution in [2.24, 2.45) is 0 Å². The van der Waals surface area contributed by atoms with E-state index in [0.717, 1.165) is 31.9 Å². The minimum Gasteiger partial charge on any atom is -0.395 e. The number of H-pyrrole nitrogens is 1. The van der Waals surface area contributed by atoms with Crippen LogP contribution in [0.1, 0.15) is 22.3 Å². The summed E-state index contributed by atoms with van der Waals surface area (Å²) in [7, 11) is -3.95. The number of aromatic amines is 1. The standard InChI is InChI=1S/C21H23ClN2O4S/c1-13-4-6-16-10-17(21(26)23-20(16)15(13)3)12-24(8-9-25)29(27,28)18-7-5-14(2)19(22)11-18/h4-7,10-11,25H,8-9,12H2,1-3H3,(H,23,26). The Morgan fingerprint density at radius 2 is 1.76 bits per heavy atom. The van der Waals surface area contributed by atoms with Gasteiger partial charge in [0.05, 0.1) is 17.0 Å². The first kappa shape index (κ1) is 21.5. The maximum absolute atomic E-state index is 13.1. The first-order valence-electron chi connectivity index (χ1n) is 9.14. The quantitative estimate of drug-likeness (QED) is 0.622. The number of pyridine rings is 1. The number of aromatic nitrogens is 1. The molecule has 0 radical (unpaired) electrons. The maximum Gasteiger partial charge on any atom is 0.252 e. The fraction of sp³-hybridized carbons (Fsp3) is 0.286. The molecule has 3 rings (SSSR count). The van der Waals surface area contributed by atoms with Gasteiger partial charge in [0.25, 0.3) is 5.56 Å². The van der Waals surface area contributed by atoms with Gasteiger partial charge in [-0.1, -0.05) is 29.8 Å². The molecule has 0 spiro atoms. The van der Waals surface area contributed by atoms with Crippen LogP contribution in [0.15, 0.2) is 46.1 Å². The minimum atomic E-state index is -3.95. The van der Waals surface area contributed by atoms with E-state index in [4.69, 9.17) is 11.6 Å². The number of nitrogens with zero attached hydrogens (tertiary/aromatic N) is 1. The summed E-state index contributed by atoms with van der Waals surface area (Å²) in [4.78, 5) is 15.5. The SMILES string of the molecule is Cc1ccc(S(=O)(=O)N(CCO)Cc2cc3ccc(C)c(C)c3[nH]c2=O)cc1Cl. The topological polar surface area (TPSA) is 90.5 Å². The number of benzene rings is 2. The van der Waals surface area contributed by atoms with Crippen LogP contribution < -0.4 is 5.56 Å². The van der Waals surface area contributed by atoms with Gasteiger partial charge in [-0.25, -0.2) is 8.42 Å². The van der Waals surface area contributed by atoms with Crippen LogP contribution in [0.5, 0.6) is 0 Å². The number of aliphatic hydroxyl groups is 1. The number of fused-ring (bicyclic) bond motifs is 1. The van der Waals surface area contributed by atoms with Crippen molar-refractivity contribution in [3.63, 3.8) is 0 Å². The molecule has 0 saturated carbocycles. The van der Waals surface area contributed by atoms with Gasteiger partial charge in [0.1, 0.15) is 0 Å². The van der Waals surface area contributed by atoms with E-state index in [0.29, 0.717) is 10.6 Å². The van der Waals surface area contributed by atoms with Crippen molar-refractivity contribution in [1.29, 1.82) is 0 Å². The molecule has 0 bridgehead atoms. The normalized spacial score (nSPS) is 12.1. The fourth-order valence-corrected chi connectivity index (χ4v) is 4.84. The molecular formula is C21H23ClN2O4S. The molecule has 0 saturated heterocycles. The van der Waals surface area contributed by atoms with Crippen LogP contribution in [0, 0.1) is 20.8 Å². The zero-order chi connectivity index (χ0) is 21.3. The lowest BCUT2D eigenvalue weighted by atomic mass is 10.0. The highest BCUT2D eigenvalue weighted by atomic mass is 35.5. The van der Waals surface area contributed by atoms with Crippen molar-refractivity contribution in [1.82, 2.24) is 9.29 Å². The highest BCUT2D eigenvalue weighted by molar-refractivity contribution is 7.89. The summed E-state index contributed by atoms with van der Waals surface area (Å²) in [6.07, 6.45) is 0. The molecular weight excluding hydrogens is 412 g/mol. The molecule has 1 aromatic heterocycles. The van der Waals surface area contributed by atoms with Gasteiger partial charge in [-0.3, -0.25) is 4.79 Å². The maximum atomic E-state index is 13.1. The van der Waals surface area contributed by atoms with Gasteiger partial charge in [-0.15, -0.1) is 0 Å². The first-order chi connectivity index (χ1) is 13.6. The van der Waals surface area contributed by atoms with E-state index >= 15 is 0 Å². The zero-order valence-electron chi connectivity index (χ0n) is 16.5. The summed E-state index contributed by atoms with van der Waals surface area (Å²) in [5.74, 6) is 0. The van der Waals surface area contributed by atoms with Crippen LogP contribution >= 0.6 is 11.6 Å². The Hall–Kier alpha value is -2.19. The van der Waals surface area contributed by atoms with Gasteiger partial charge in [0.15, 0.2) is 0 Å². The van der Waals surface area contributed by atoms with E-state index in [2.05, 4.69) is 4.98 Å². The van der Waals surface area contributed by atoms with E-state index in [1.807, 2.05) is 26.0 Å². The van der Waals surface area contributed by atoms with Crippen molar-refractivity contribution in [2.75, 3.05) is 13.2 Å². The van der Waals surface area contributed by atoms with Crippen molar-refractivity contribution < 1.29 is 13.5 Å². The predicted molar refractivity (Wildman–Crippen MR) is 115 cm³/mol. The molecule has 1 heterocycles. The summed E-state index contributed by atoms with van der Waals surface area (Å²) in [6.45, 7) is 5.00. The fourth-order valence-electron chi connectivity index (χ4n) is 3.16. The molecule has 0 unspecified atom stereocenters. The molecule has 0 aliphatic rings. The molecule has 6 nitrogen and oxygen atoms in total. The van der Waals surface area contributed by atoms with Crippen molar-refractivity contribution in [2.45, 2.75) is 32.2 Å². The minimum absolute atomic E-state index is 0.0187. The molecule has 0 fully saturated rings. The van der Waals surface area contributed by atoms with Gasteiger partial charge >= 0.3 is 0 Å². The second kappa shape index (κ2) is 8.28. The number of hydrogen-bond acceptors (Lipinski definition) is 4. The second-order valence-corrected chi connectivity index (χ2v) is 9.41. The van der Waals surface area contributed by atoms with Gasteiger partial charge in [0.2, 0.25) is 10.0 Å². The van der Waals surface area contributed by atoms with Crippen LogP contribution in [0.25, 0.3) is 10.9 Å². The molecule has 0 aliphatic heterocycles. The first-order valence-corrected chi connectivity index (χ1v) is 11.0. The number of hydrogen-bond donors (Lipinski definition) is 2. The van der Waals surface area contributed by atoms with E-state index in [1.54, 1.807) is 19.1 Å². The Balaban J connectivity index is 2.04. The number of rotatable bonds is 6. The lowest BCUT2D eigenvalue weighted by Gasteiger charge is -2.21. The molecule has 0 amide bonds. The highest BCUT2D eigenvalue weighted by Gasteiger charge is 2.26. The zero-order valence-corrected chi connectivity index (χ0v) is 18.1. The third-order valence-electron chi connectivity index (χ3n) is 5.11. The van der Waals surface area contributed by atoms with Crippen LogP contribution in [0.4, 0.5) is 0 Å². The summed E-state index contributed by atoms with van der Waals surface area (Å²) >= 11 is 6.09. The monoisotopic (exact) mass is 434 g/mol. The predicted octanol–water partition coefficient (Wildman–Crippen LogP) is 3.29. The molecule has 0 atom stereocenters. The second-order valence-electron chi connectivity index (χ2n) is 7.07. The Morgan fingerprint density at radius 1 is 1.07 bits per heavy atom. The largest absolute Gasteiger partial charge is 0.395 e. The average Bonchev–Trinajstić information content (AvgIpc) is 2.67. The number of nitrogens with one attached hydrogen (secondary N) is 1. The van der Waals surface area contributed by atoms with Gasteiger partial charge < -0.3 is 10.1 Å². The summed E-state index contributed by atoms with van der Waals surface area (Å²) in [5.41, 5.74) is 3.47. The lowest BCUT2D eigenvalue weighted by Crippen LogP contribution is -2.35. The smallest absolute Gasteiger partial charge is 0.252 e. The Bertz CT molecular complexity index is 1240. The number of halogens is 1. The van der Waals surface area contributed by atoms with Gasteiger partial charge in [0, 0.05) is 23.7 Å². The molecule has 2 aromatic carbocycles. The lowest BCUT2D eigenvalue weighted by molar-refractivity contribution is 0.251. The molecule has 8 heteroatoms. The van der Waals surface area contributed by atoms with Gasteiger partial charge in [-0.2, -0.15) is 4.31 Å². The van der Waals surface area contributed by atoms with E-state index in [-0.39, 0.29) is 30.2 Å². The molecule has 29 heavy (non-hydrogen) atoms.